The third-order valence-electron chi connectivity index (χ3n) is 2.96. The van der Waals surface area contributed by atoms with Crippen molar-refractivity contribution >= 4 is 33.2 Å². The number of benzene rings is 1. The molecule has 0 aliphatic carbocycles. The molecule has 0 saturated heterocycles. The second kappa shape index (κ2) is 7.09. The summed E-state index contributed by atoms with van der Waals surface area (Å²) in [6, 6.07) is 10.7. The minimum absolute atomic E-state index is 0.480. The number of hydrogen-bond donors (Lipinski definition) is 1. The molecule has 2 rings (SSSR count). The van der Waals surface area contributed by atoms with Crippen molar-refractivity contribution in [3.05, 3.63) is 57.3 Å². The molecule has 0 radical (unpaired) electrons. The Balaban J connectivity index is 1.95. The largest absolute Gasteiger partial charge is 0.380 e. The van der Waals surface area contributed by atoms with Crippen LogP contribution in [0, 0.1) is 5.92 Å². The minimum Gasteiger partial charge on any atom is -0.380 e. The molecule has 4 heteroatoms. The first-order valence-electron chi connectivity index (χ1n) is 6.67. The zero-order valence-corrected chi connectivity index (χ0v) is 14.0. The zero-order valence-electron chi connectivity index (χ0n) is 11.7. The fourth-order valence-corrected chi connectivity index (χ4v) is 2.44. The lowest BCUT2D eigenvalue weighted by Gasteiger charge is -2.09. The van der Waals surface area contributed by atoms with Crippen LogP contribution in [0.3, 0.4) is 0 Å². The fourth-order valence-electron chi connectivity index (χ4n) is 1.99. The van der Waals surface area contributed by atoms with Gasteiger partial charge in [0.1, 0.15) is 5.15 Å². The molecule has 1 N–H and O–H groups in total. The standard InChI is InChI=1S/C16H18BrClN2/c1-11(2)7-12-3-5-13(6-4-12)9-19-14-8-15(17)16(18)20-10-14/h3-6,8,10-11,19H,7,9H2,1-2H3. The van der Waals surface area contributed by atoms with Crippen LogP contribution >= 0.6 is 27.5 Å². The van der Waals surface area contributed by atoms with Crippen molar-refractivity contribution in [1.82, 2.24) is 4.98 Å². The van der Waals surface area contributed by atoms with E-state index in [-0.39, 0.29) is 0 Å². The summed E-state index contributed by atoms with van der Waals surface area (Å²) in [5, 5.41) is 3.82. The Morgan fingerprint density at radius 3 is 2.45 bits per heavy atom. The normalized spacial score (nSPS) is 10.8. The molecule has 20 heavy (non-hydrogen) atoms. The molecule has 0 aliphatic heterocycles. The highest BCUT2D eigenvalue weighted by molar-refractivity contribution is 9.10. The molecule has 1 aromatic carbocycles. The van der Waals surface area contributed by atoms with Crippen LogP contribution < -0.4 is 5.32 Å². The molecule has 0 saturated carbocycles. The zero-order chi connectivity index (χ0) is 14.5. The topological polar surface area (TPSA) is 24.9 Å². The molecule has 0 fully saturated rings. The fraction of sp³-hybridized carbons (Fsp3) is 0.312. The van der Waals surface area contributed by atoms with Gasteiger partial charge in [-0.15, -0.1) is 0 Å². The Labute approximate surface area is 133 Å². The van der Waals surface area contributed by atoms with Crippen molar-refractivity contribution in [3.8, 4) is 0 Å². The van der Waals surface area contributed by atoms with E-state index in [1.165, 1.54) is 11.1 Å². The van der Waals surface area contributed by atoms with Crippen molar-refractivity contribution < 1.29 is 0 Å². The molecule has 0 atom stereocenters. The van der Waals surface area contributed by atoms with E-state index in [9.17, 15) is 0 Å². The highest BCUT2D eigenvalue weighted by Gasteiger charge is 2.01. The molecule has 1 heterocycles. The van der Waals surface area contributed by atoms with Crippen LogP contribution in [0.2, 0.25) is 5.15 Å². The third-order valence-corrected chi connectivity index (χ3v) is 4.09. The van der Waals surface area contributed by atoms with Gasteiger partial charge in [0.25, 0.3) is 0 Å². The smallest absolute Gasteiger partial charge is 0.143 e. The van der Waals surface area contributed by atoms with Gasteiger partial charge in [0.15, 0.2) is 0 Å². The van der Waals surface area contributed by atoms with Crippen molar-refractivity contribution in [2.24, 2.45) is 5.92 Å². The van der Waals surface area contributed by atoms with Gasteiger partial charge in [-0.1, -0.05) is 49.7 Å². The van der Waals surface area contributed by atoms with Gasteiger partial charge >= 0.3 is 0 Å². The maximum absolute atomic E-state index is 5.87. The number of rotatable bonds is 5. The lowest BCUT2D eigenvalue weighted by Crippen LogP contribution is -2.00. The summed E-state index contributed by atoms with van der Waals surface area (Å²) >= 11 is 9.24. The van der Waals surface area contributed by atoms with Crippen molar-refractivity contribution in [3.63, 3.8) is 0 Å². The molecule has 2 nitrogen and oxygen atoms in total. The van der Waals surface area contributed by atoms with Crippen LogP contribution in [0.25, 0.3) is 0 Å². The molecular weight excluding hydrogens is 336 g/mol. The number of halogens is 2. The van der Waals surface area contributed by atoms with Gasteiger partial charge < -0.3 is 5.32 Å². The van der Waals surface area contributed by atoms with Crippen LogP contribution in [-0.2, 0) is 13.0 Å². The molecule has 0 aliphatic rings. The van der Waals surface area contributed by atoms with Gasteiger partial charge in [0.05, 0.1) is 16.4 Å². The first-order valence-corrected chi connectivity index (χ1v) is 7.84. The summed E-state index contributed by atoms with van der Waals surface area (Å²) in [7, 11) is 0. The van der Waals surface area contributed by atoms with Crippen molar-refractivity contribution in [2.45, 2.75) is 26.8 Å². The molecule has 106 valence electrons. The number of hydrogen-bond acceptors (Lipinski definition) is 2. The summed E-state index contributed by atoms with van der Waals surface area (Å²) in [6.45, 7) is 5.25. The Kier molecular flexibility index (Phi) is 5.44. The second-order valence-electron chi connectivity index (χ2n) is 5.26. The first-order chi connectivity index (χ1) is 9.54. The van der Waals surface area contributed by atoms with Gasteiger partial charge in [-0.05, 0) is 45.5 Å². The molecule has 1 aromatic heterocycles. The van der Waals surface area contributed by atoms with Crippen LogP contribution in [-0.4, -0.2) is 4.98 Å². The second-order valence-corrected chi connectivity index (χ2v) is 6.48. The summed E-state index contributed by atoms with van der Waals surface area (Å²) in [4.78, 5) is 4.09. The predicted molar refractivity (Wildman–Crippen MR) is 89.3 cm³/mol. The van der Waals surface area contributed by atoms with Crippen LogP contribution in [0.5, 0.6) is 0 Å². The molecule has 0 unspecified atom stereocenters. The molecule has 0 spiro atoms. The Morgan fingerprint density at radius 2 is 1.85 bits per heavy atom. The van der Waals surface area contributed by atoms with E-state index >= 15 is 0 Å². The van der Waals surface area contributed by atoms with E-state index in [2.05, 4.69) is 64.3 Å². The Morgan fingerprint density at radius 1 is 1.20 bits per heavy atom. The SMILES string of the molecule is CC(C)Cc1ccc(CNc2cnc(Cl)c(Br)c2)cc1. The summed E-state index contributed by atoms with van der Waals surface area (Å²) < 4.78 is 0.802. The van der Waals surface area contributed by atoms with Crippen LogP contribution in [0.15, 0.2) is 41.0 Å². The number of pyridine rings is 1. The number of anilines is 1. The summed E-state index contributed by atoms with van der Waals surface area (Å²) in [6.07, 6.45) is 2.86. The lowest BCUT2D eigenvalue weighted by atomic mass is 10.0. The van der Waals surface area contributed by atoms with Gasteiger partial charge in [0, 0.05) is 6.54 Å². The molecule has 0 bridgehead atoms. The quantitative estimate of drug-likeness (QED) is 0.737. The lowest BCUT2D eigenvalue weighted by molar-refractivity contribution is 0.647. The predicted octanol–water partition coefficient (Wildman–Crippen LogP) is 5.31. The molecular formula is C16H18BrClN2. The Bertz CT molecular complexity index is 567. The molecule has 2 aromatic rings. The van der Waals surface area contributed by atoms with E-state index < -0.39 is 0 Å². The van der Waals surface area contributed by atoms with Crippen LogP contribution in [0.4, 0.5) is 5.69 Å². The van der Waals surface area contributed by atoms with Crippen molar-refractivity contribution in [2.75, 3.05) is 5.32 Å². The maximum Gasteiger partial charge on any atom is 0.143 e. The average molecular weight is 354 g/mol. The summed E-state index contributed by atoms with van der Waals surface area (Å²) in [5.74, 6) is 0.691. The monoisotopic (exact) mass is 352 g/mol. The van der Waals surface area contributed by atoms with Gasteiger partial charge in [0.2, 0.25) is 0 Å². The molecule has 0 amide bonds. The number of nitrogens with one attached hydrogen (secondary N) is 1. The van der Waals surface area contributed by atoms with Gasteiger partial charge in [-0.3, -0.25) is 0 Å². The highest BCUT2D eigenvalue weighted by Crippen LogP contribution is 2.23. The van der Waals surface area contributed by atoms with E-state index in [4.69, 9.17) is 11.6 Å². The number of aromatic nitrogens is 1. The number of nitrogens with zero attached hydrogens (tertiary/aromatic N) is 1. The third kappa shape index (κ3) is 4.50. The Hall–Kier alpha value is -1.06. The van der Waals surface area contributed by atoms with Crippen LogP contribution in [0.1, 0.15) is 25.0 Å². The van der Waals surface area contributed by atoms with E-state index in [1.54, 1.807) is 6.20 Å². The minimum atomic E-state index is 0.480. The first kappa shape index (κ1) is 15.3. The van der Waals surface area contributed by atoms with Gasteiger partial charge in [-0.2, -0.15) is 0 Å². The summed E-state index contributed by atoms with van der Waals surface area (Å²) in [5.41, 5.74) is 3.59. The average Bonchev–Trinajstić information content (AvgIpc) is 2.41. The highest BCUT2D eigenvalue weighted by atomic mass is 79.9. The van der Waals surface area contributed by atoms with E-state index in [0.717, 1.165) is 23.1 Å². The van der Waals surface area contributed by atoms with E-state index in [1.807, 2.05) is 6.07 Å². The van der Waals surface area contributed by atoms with Gasteiger partial charge in [-0.25, -0.2) is 4.98 Å². The van der Waals surface area contributed by atoms with E-state index in [0.29, 0.717) is 11.1 Å². The maximum atomic E-state index is 5.87. The van der Waals surface area contributed by atoms with Crippen molar-refractivity contribution in [1.29, 1.82) is 0 Å².